The first-order valence-corrected chi connectivity index (χ1v) is 10.9. The first-order valence-electron chi connectivity index (χ1n) is 9.32. The Hall–Kier alpha value is -2.43. The summed E-state index contributed by atoms with van der Waals surface area (Å²) in [5, 5.41) is 3.53. The van der Waals surface area contributed by atoms with Crippen LogP contribution >= 0.6 is 7.60 Å². The second kappa shape index (κ2) is 9.86. The van der Waals surface area contributed by atoms with Crippen molar-refractivity contribution in [3.8, 4) is 5.75 Å². The molecule has 0 saturated carbocycles. The molecule has 0 radical (unpaired) electrons. The zero-order valence-electron chi connectivity index (χ0n) is 16.8. The molecule has 0 bridgehead atoms. The van der Waals surface area contributed by atoms with E-state index in [9.17, 15) is 4.57 Å². The van der Waals surface area contributed by atoms with Crippen LogP contribution in [0.2, 0.25) is 0 Å². The van der Waals surface area contributed by atoms with Crippen LogP contribution in [0.1, 0.15) is 28.5 Å². The Morgan fingerprint density at radius 3 is 1.59 bits per heavy atom. The van der Waals surface area contributed by atoms with Crippen molar-refractivity contribution in [2.24, 2.45) is 0 Å². The Kier molecular flexibility index (Phi) is 7.24. The quantitative estimate of drug-likeness (QED) is 0.467. The maximum absolute atomic E-state index is 13.5. The average Bonchev–Trinajstić information content (AvgIpc) is 2.80. The van der Waals surface area contributed by atoms with E-state index in [-0.39, 0.29) is 6.04 Å². The van der Waals surface area contributed by atoms with E-state index in [2.05, 4.69) is 5.32 Å². The van der Waals surface area contributed by atoms with Crippen LogP contribution < -0.4 is 10.1 Å². The van der Waals surface area contributed by atoms with E-state index in [1.165, 1.54) is 14.2 Å². The van der Waals surface area contributed by atoms with E-state index >= 15 is 0 Å². The van der Waals surface area contributed by atoms with Gasteiger partial charge in [0, 0.05) is 14.2 Å². The highest BCUT2D eigenvalue weighted by molar-refractivity contribution is 7.54. The highest BCUT2D eigenvalue weighted by atomic mass is 31.2. The maximum Gasteiger partial charge on any atom is 0.351 e. The van der Waals surface area contributed by atoms with Gasteiger partial charge >= 0.3 is 7.60 Å². The molecular weight excluding hydrogens is 385 g/mol. The lowest BCUT2D eigenvalue weighted by atomic mass is 9.98. The number of ether oxygens (including phenoxy) is 1. The summed E-state index contributed by atoms with van der Waals surface area (Å²) in [6.45, 7) is 0. The summed E-state index contributed by atoms with van der Waals surface area (Å²) in [5.74, 6) is 0.0497. The molecule has 3 rings (SSSR count). The predicted octanol–water partition coefficient (Wildman–Crippen LogP) is 5.56. The maximum atomic E-state index is 13.5. The highest BCUT2D eigenvalue weighted by Crippen LogP contribution is 2.59. The summed E-state index contributed by atoms with van der Waals surface area (Å²) in [6, 6.07) is 27.3. The van der Waals surface area contributed by atoms with Gasteiger partial charge in [-0.25, -0.2) is 0 Å². The standard InChI is InChI=1S/C23H26NO4P/c1-26-21-16-14-20(15-17-21)23(29(25,27-2)28-3)24-22(18-10-6-4-7-11-18)19-12-8-5-9-13-19/h4-17,22-24H,1-3H3. The second-order valence-electron chi connectivity index (χ2n) is 6.50. The van der Waals surface area contributed by atoms with Crippen molar-refractivity contribution in [2.75, 3.05) is 21.3 Å². The van der Waals surface area contributed by atoms with Crippen LogP contribution in [0, 0.1) is 0 Å². The lowest BCUT2D eigenvalue weighted by Crippen LogP contribution is -2.28. The smallest absolute Gasteiger partial charge is 0.351 e. The minimum atomic E-state index is -3.48. The number of hydrogen-bond donors (Lipinski definition) is 1. The van der Waals surface area contributed by atoms with Gasteiger partial charge in [0.1, 0.15) is 11.5 Å². The summed E-state index contributed by atoms with van der Waals surface area (Å²) in [5.41, 5.74) is 2.89. The van der Waals surface area contributed by atoms with Gasteiger partial charge < -0.3 is 13.8 Å². The molecular formula is C23H26NO4P. The fraction of sp³-hybridized carbons (Fsp3) is 0.217. The highest BCUT2D eigenvalue weighted by Gasteiger charge is 2.37. The Bertz CT molecular complexity index is 885. The van der Waals surface area contributed by atoms with Crippen molar-refractivity contribution < 1.29 is 18.3 Å². The van der Waals surface area contributed by atoms with E-state index in [0.29, 0.717) is 0 Å². The van der Waals surface area contributed by atoms with Crippen LogP contribution in [0.25, 0.3) is 0 Å². The molecule has 0 amide bonds. The molecule has 3 aromatic carbocycles. The average molecular weight is 411 g/mol. The number of nitrogens with one attached hydrogen (secondary N) is 1. The van der Waals surface area contributed by atoms with E-state index in [4.69, 9.17) is 13.8 Å². The van der Waals surface area contributed by atoms with Gasteiger partial charge in [0.15, 0.2) is 0 Å². The van der Waals surface area contributed by atoms with E-state index in [1.54, 1.807) is 7.11 Å². The summed E-state index contributed by atoms with van der Waals surface area (Å²) in [7, 11) is 0.939. The van der Waals surface area contributed by atoms with Gasteiger partial charge in [-0.15, -0.1) is 0 Å². The van der Waals surface area contributed by atoms with E-state index in [0.717, 1.165) is 22.4 Å². The molecule has 1 N–H and O–H groups in total. The largest absolute Gasteiger partial charge is 0.497 e. The fourth-order valence-corrected chi connectivity index (χ4v) is 4.72. The predicted molar refractivity (Wildman–Crippen MR) is 115 cm³/mol. The van der Waals surface area contributed by atoms with Crippen LogP contribution in [0.15, 0.2) is 84.9 Å². The lowest BCUT2D eigenvalue weighted by molar-refractivity contribution is 0.257. The molecule has 152 valence electrons. The Balaban J connectivity index is 2.06. The van der Waals surface area contributed by atoms with Crippen molar-refractivity contribution in [1.82, 2.24) is 5.32 Å². The number of hydrogen-bond acceptors (Lipinski definition) is 5. The molecule has 0 aliphatic rings. The molecule has 0 aromatic heterocycles. The Morgan fingerprint density at radius 2 is 1.17 bits per heavy atom. The minimum Gasteiger partial charge on any atom is -0.497 e. The monoisotopic (exact) mass is 411 g/mol. The third-order valence-corrected chi connectivity index (χ3v) is 6.94. The van der Waals surface area contributed by atoms with Crippen LogP contribution in [-0.4, -0.2) is 21.3 Å². The van der Waals surface area contributed by atoms with E-state index in [1.807, 2.05) is 84.9 Å². The summed E-state index contributed by atoms with van der Waals surface area (Å²) in [4.78, 5) is 0. The summed E-state index contributed by atoms with van der Waals surface area (Å²) >= 11 is 0. The molecule has 5 nitrogen and oxygen atoms in total. The third-order valence-electron chi connectivity index (χ3n) is 4.85. The minimum absolute atomic E-state index is 0.205. The SMILES string of the molecule is COc1ccc(C(NC(c2ccccc2)c2ccccc2)P(=O)(OC)OC)cc1. The van der Waals surface area contributed by atoms with Gasteiger partial charge in [0.2, 0.25) is 0 Å². The Labute approximate surface area is 172 Å². The zero-order chi connectivity index (χ0) is 20.7. The Morgan fingerprint density at radius 1 is 0.690 bits per heavy atom. The van der Waals surface area contributed by atoms with Gasteiger partial charge in [-0.1, -0.05) is 72.8 Å². The first kappa shape index (κ1) is 21.3. The molecule has 29 heavy (non-hydrogen) atoms. The first-order chi connectivity index (χ1) is 14.1. The molecule has 0 fully saturated rings. The topological polar surface area (TPSA) is 56.8 Å². The molecule has 0 aliphatic carbocycles. The molecule has 0 aliphatic heterocycles. The fourth-order valence-electron chi connectivity index (χ4n) is 3.28. The zero-order valence-corrected chi connectivity index (χ0v) is 17.7. The van der Waals surface area contributed by atoms with Crippen molar-refractivity contribution >= 4 is 7.60 Å². The molecule has 6 heteroatoms. The number of benzene rings is 3. The lowest BCUT2D eigenvalue weighted by Gasteiger charge is -2.30. The second-order valence-corrected chi connectivity index (χ2v) is 8.83. The van der Waals surface area contributed by atoms with Gasteiger partial charge in [-0.3, -0.25) is 9.88 Å². The molecule has 0 saturated heterocycles. The van der Waals surface area contributed by atoms with Crippen molar-refractivity contribution in [2.45, 2.75) is 11.8 Å². The van der Waals surface area contributed by atoms with Crippen LogP contribution in [0.4, 0.5) is 0 Å². The van der Waals surface area contributed by atoms with Gasteiger partial charge in [0.05, 0.1) is 13.2 Å². The van der Waals surface area contributed by atoms with Crippen molar-refractivity contribution in [3.05, 3.63) is 102 Å². The third kappa shape index (κ3) is 4.95. The van der Waals surface area contributed by atoms with Crippen LogP contribution in [0.3, 0.4) is 0 Å². The number of methoxy groups -OCH3 is 1. The normalized spacial score (nSPS) is 12.7. The van der Waals surface area contributed by atoms with Crippen LogP contribution in [0.5, 0.6) is 5.75 Å². The molecule has 0 spiro atoms. The van der Waals surface area contributed by atoms with Gasteiger partial charge in [-0.2, -0.15) is 0 Å². The van der Waals surface area contributed by atoms with Crippen molar-refractivity contribution in [3.63, 3.8) is 0 Å². The van der Waals surface area contributed by atoms with Gasteiger partial charge in [0.25, 0.3) is 0 Å². The molecule has 0 heterocycles. The summed E-state index contributed by atoms with van der Waals surface area (Å²) in [6.07, 6.45) is 0. The summed E-state index contributed by atoms with van der Waals surface area (Å²) < 4.78 is 29.5. The molecule has 1 unspecified atom stereocenters. The van der Waals surface area contributed by atoms with Gasteiger partial charge in [-0.05, 0) is 28.8 Å². The molecule has 3 aromatic rings. The van der Waals surface area contributed by atoms with E-state index < -0.39 is 13.4 Å². The molecule has 1 atom stereocenters. The number of rotatable bonds is 9. The van der Waals surface area contributed by atoms with Crippen LogP contribution in [-0.2, 0) is 13.6 Å². The van der Waals surface area contributed by atoms with Crippen molar-refractivity contribution in [1.29, 1.82) is 0 Å².